The molecule has 2 saturated heterocycles. The summed E-state index contributed by atoms with van der Waals surface area (Å²) in [6, 6.07) is 4.42. The molecule has 0 bridgehead atoms. The maximum absolute atomic E-state index is 12.8. The van der Waals surface area contributed by atoms with Crippen molar-refractivity contribution in [2.75, 3.05) is 26.9 Å². The van der Waals surface area contributed by atoms with E-state index in [1.165, 1.54) is 37.5 Å². The average Bonchev–Trinajstić information content (AvgIpc) is 3.14. The van der Waals surface area contributed by atoms with E-state index >= 15 is 0 Å². The molecule has 2 aliphatic rings. The lowest BCUT2D eigenvalue weighted by molar-refractivity contribution is -0.379. The molecule has 8 N–H and O–H groups in total. The molecule has 2 fully saturated rings. The second-order valence-corrected chi connectivity index (χ2v) is 8.66. The fourth-order valence-electron chi connectivity index (χ4n) is 4.29. The quantitative estimate of drug-likeness (QED) is 0.148. The van der Waals surface area contributed by atoms with Crippen LogP contribution < -0.4 is 4.74 Å². The maximum Gasteiger partial charge on any atom is 0.200 e. The minimum Gasteiger partial charge on any atom is -0.504 e. The van der Waals surface area contributed by atoms with E-state index in [4.69, 9.17) is 18.9 Å². The van der Waals surface area contributed by atoms with Gasteiger partial charge in [-0.1, -0.05) is 12.1 Å². The molecule has 0 radical (unpaired) electrons. The zero-order valence-corrected chi connectivity index (χ0v) is 19.5. The van der Waals surface area contributed by atoms with Gasteiger partial charge in [0.15, 0.2) is 23.6 Å². The molecule has 2 aliphatic heterocycles. The van der Waals surface area contributed by atoms with E-state index in [0.29, 0.717) is 5.56 Å². The van der Waals surface area contributed by atoms with Crippen molar-refractivity contribution in [2.45, 2.75) is 55.1 Å². The summed E-state index contributed by atoms with van der Waals surface area (Å²) in [6.45, 7) is -2.35. The van der Waals surface area contributed by atoms with E-state index in [-0.39, 0.29) is 11.5 Å². The molecular formula is C23H32O13. The molecule has 202 valence electrons. The van der Waals surface area contributed by atoms with Crippen molar-refractivity contribution in [2.24, 2.45) is 5.92 Å². The maximum atomic E-state index is 12.8. The lowest BCUT2D eigenvalue weighted by Crippen LogP contribution is -2.62. The highest BCUT2D eigenvalue weighted by Crippen LogP contribution is 2.42. The van der Waals surface area contributed by atoms with Crippen molar-refractivity contribution < 1.29 is 64.6 Å². The first kappa shape index (κ1) is 28.4. The van der Waals surface area contributed by atoms with Crippen molar-refractivity contribution in [3.8, 4) is 11.5 Å². The number of allylic oxidation sites excluding steroid dienone is 1. The zero-order chi connectivity index (χ0) is 26.6. The average molecular weight is 516 g/mol. The van der Waals surface area contributed by atoms with Crippen LogP contribution in [0, 0.1) is 5.92 Å². The number of carbonyl (C=O) groups is 1. The van der Waals surface area contributed by atoms with E-state index in [1.807, 2.05) is 0 Å². The number of benzene rings is 1. The number of hydrogen-bond acceptors (Lipinski definition) is 13. The first-order valence-electron chi connectivity index (χ1n) is 11.2. The normalized spacial score (nSPS) is 36.9. The molecule has 36 heavy (non-hydrogen) atoms. The van der Waals surface area contributed by atoms with Crippen LogP contribution in [-0.2, 0) is 19.0 Å². The Balaban J connectivity index is 1.81. The molecule has 1 aromatic carbocycles. The molecule has 13 heteroatoms. The number of rotatable bonds is 10. The van der Waals surface area contributed by atoms with Gasteiger partial charge in [0.1, 0.15) is 30.5 Å². The highest BCUT2D eigenvalue weighted by atomic mass is 16.8. The minimum absolute atomic E-state index is 0.0830. The Kier molecular flexibility index (Phi) is 9.40. The standard InChI is InChI=1S/C23H32O13/c1-33-15-6-11(3-5-14(15)28)2-4-12(27)7-13-18(29)17(9-25)35-23(13,10-26)36-22-21(32)20(31)19(30)16(8-24)34-22/h2-6,13,16-22,24-26,28-32H,7-10H2,1H3/t13-,16-,17-,18+,19-,20+,21-,22+,23+/m1/s1. The second kappa shape index (κ2) is 11.9. The van der Waals surface area contributed by atoms with Gasteiger partial charge in [0.25, 0.3) is 0 Å². The minimum atomic E-state index is -2.15. The van der Waals surface area contributed by atoms with Gasteiger partial charge in [0.2, 0.25) is 5.79 Å². The van der Waals surface area contributed by atoms with Crippen molar-refractivity contribution >= 4 is 11.9 Å². The number of aliphatic hydroxyl groups is 7. The lowest BCUT2D eigenvalue weighted by atomic mass is 9.88. The van der Waals surface area contributed by atoms with E-state index < -0.39 is 86.6 Å². The van der Waals surface area contributed by atoms with Crippen LogP contribution in [0.4, 0.5) is 0 Å². The summed E-state index contributed by atoms with van der Waals surface area (Å²) in [5, 5.41) is 79.9. The Bertz CT molecular complexity index is 921. The molecule has 9 atom stereocenters. The predicted molar refractivity (Wildman–Crippen MR) is 119 cm³/mol. The fraction of sp³-hybridized carbons (Fsp3) is 0.609. The number of aliphatic hydroxyl groups excluding tert-OH is 7. The van der Waals surface area contributed by atoms with Crippen molar-refractivity contribution in [1.29, 1.82) is 0 Å². The van der Waals surface area contributed by atoms with Crippen LogP contribution in [-0.4, -0.2) is 122 Å². The van der Waals surface area contributed by atoms with Crippen LogP contribution in [0.15, 0.2) is 24.3 Å². The predicted octanol–water partition coefficient (Wildman–Crippen LogP) is -2.75. The van der Waals surface area contributed by atoms with Crippen LogP contribution >= 0.6 is 0 Å². The van der Waals surface area contributed by atoms with Gasteiger partial charge in [-0.15, -0.1) is 0 Å². The third kappa shape index (κ3) is 5.70. The Labute approximate surface area is 206 Å². The highest BCUT2D eigenvalue weighted by molar-refractivity contribution is 5.93. The molecule has 0 amide bonds. The van der Waals surface area contributed by atoms with E-state index in [9.17, 15) is 45.6 Å². The van der Waals surface area contributed by atoms with Gasteiger partial charge in [-0.2, -0.15) is 0 Å². The lowest BCUT2D eigenvalue weighted by Gasteiger charge is -2.44. The van der Waals surface area contributed by atoms with Gasteiger partial charge >= 0.3 is 0 Å². The molecule has 13 nitrogen and oxygen atoms in total. The topological polar surface area (TPSA) is 216 Å². The summed E-state index contributed by atoms with van der Waals surface area (Å²) in [7, 11) is 1.37. The summed E-state index contributed by atoms with van der Waals surface area (Å²) in [6.07, 6.45) is -8.83. The SMILES string of the molecule is COc1cc(C=CC(=O)C[C@@H]2[C@H](O)[C@@H](CO)O[C@@]2(CO)O[C@@H]2O[C@H](CO)[C@@H](O)[C@H](O)[C@H]2O)ccc1O. The molecular weight excluding hydrogens is 484 g/mol. The van der Waals surface area contributed by atoms with Gasteiger partial charge < -0.3 is 59.8 Å². The van der Waals surface area contributed by atoms with Crippen LogP contribution in [0.2, 0.25) is 0 Å². The van der Waals surface area contributed by atoms with E-state index in [1.54, 1.807) is 0 Å². The van der Waals surface area contributed by atoms with Crippen LogP contribution in [0.25, 0.3) is 6.08 Å². The second-order valence-electron chi connectivity index (χ2n) is 8.66. The van der Waals surface area contributed by atoms with Crippen LogP contribution in [0.5, 0.6) is 11.5 Å². The molecule has 0 aliphatic carbocycles. The third-order valence-electron chi connectivity index (χ3n) is 6.36. The Morgan fingerprint density at radius 1 is 1.03 bits per heavy atom. The summed E-state index contributed by atoms with van der Waals surface area (Å²) in [5.41, 5.74) is 0.528. The Morgan fingerprint density at radius 3 is 2.33 bits per heavy atom. The van der Waals surface area contributed by atoms with E-state index in [0.717, 1.165) is 0 Å². The molecule has 3 rings (SSSR count). The van der Waals surface area contributed by atoms with Gasteiger partial charge in [-0.05, 0) is 23.8 Å². The number of methoxy groups -OCH3 is 1. The molecule has 0 saturated carbocycles. The van der Waals surface area contributed by atoms with Gasteiger partial charge in [-0.25, -0.2) is 0 Å². The summed E-state index contributed by atoms with van der Waals surface area (Å²) < 4.78 is 21.6. The Hall–Kier alpha value is -2.17. The van der Waals surface area contributed by atoms with Crippen molar-refractivity contribution in [3.63, 3.8) is 0 Å². The van der Waals surface area contributed by atoms with Gasteiger partial charge in [0.05, 0.1) is 39.0 Å². The smallest absolute Gasteiger partial charge is 0.200 e. The first-order valence-corrected chi connectivity index (χ1v) is 11.2. The molecule has 0 spiro atoms. The summed E-state index contributed by atoms with van der Waals surface area (Å²) >= 11 is 0. The highest BCUT2D eigenvalue weighted by Gasteiger charge is 2.58. The number of phenols is 1. The largest absolute Gasteiger partial charge is 0.504 e. The van der Waals surface area contributed by atoms with E-state index in [2.05, 4.69) is 0 Å². The fourth-order valence-corrected chi connectivity index (χ4v) is 4.29. The number of aromatic hydroxyl groups is 1. The summed E-state index contributed by atoms with van der Waals surface area (Å²) in [4.78, 5) is 12.8. The Morgan fingerprint density at radius 2 is 1.72 bits per heavy atom. The number of phenolic OH excluding ortho intramolecular Hbond substituents is 1. The van der Waals surface area contributed by atoms with Gasteiger partial charge in [-0.3, -0.25) is 4.79 Å². The monoisotopic (exact) mass is 516 g/mol. The molecule has 0 unspecified atom stereocenters. The molecule has 2 heterocycles. The molecule has 1 aromatic rings. The number of carbonyl (C=O) groups excluding carboxylic acids is 1. The number of ether oxygens (including phenoxy) is 4. The van der Waals surface area contributed by atoms with Crippen molar-refractivity contribution in [1.82, 2.24) is 0 Å². The number of ketones is 1. The first-order chi connectivity index (χ1) is 17.1. The van der Waals surface area contributed by atoms with Crippen LogP contribution in [0.1, 0.15) is 12.0 Å². The molecule has 0 aromatic heterocycles. The van der Waals surface area contributed by atoms with Crippen molar-refractivity contribution in [3.05, 3.63) is 29.8 Å². The summed E-state index contributed by atoms with van der Waals surface area (Å²) in [5.74, 6) is -3.81. The number of hydrogen-bond donors (Lipinski definition) is 8. The zero-order valence-electron chi connectivity index (χ0n) is 19.5. The van der Waals surface area contributed by atoms with Crippen LogP contribution in [0.3, 0.4) is 0 Å². The van der Waals surface area contributed by atoms with Gasteiger partial charge in [0, 0.05) is 6.42 Å². The third-order valence-corrected chi connectivity index (χ3v) is 6.36.